The van der Waals surface area contributed by atoms with Gasteiger partial charge in [0.2, 0.25) is 0 Å². The lowest BCUT2D eigenvalue weighted by Gasteiger charge is -2.29. The Morgan fingerprint density at radius 1 is 0.543 bits per heavy atom. The van der Waals surface area contributed by atoms with Gasteiger partial charge in [0.05, 0.1) is 34.4 Å². The van der Waals surface area contributed by atoms with Gasteiger partial charge in [0.25, 0.3) is 0 Å². The van der Waals surface area contributed by atoms with Crippen molar-refractivity contribution in [2.75, 3.05) is 4.90 Å². The van der Waals surface area contributed by atoms with Crippen molar-refractivity contribution >= 4 is 33.2 Å². The van der Waals surface area contributed by atoms with Crippen LogP contribution in [0.4, 0.5) is 11.4 Å². The molecule has 9 rings (SSSR count). The summed E-state index contributed by atoms with van der Waals surface area (Å²) in [4.78, 5) is 2.42. The zero-order valence-electron chi connectivity index (χ0n) is 25.1. The van der Waals surface area contributed by atoms with Crippen LogP contribution in [-0.4, -0.2) is 10.6 Å². The minimum Gasteiger partial charge on any atom is -0.333 e. The second-order valence-corrected chi connectivity index (χ2v) is 12.0. The highest BCUT2D eigenvalue weighted by molar-refractivity contribution is 6.09. The number of nitrogens with zero attached hydrogens (tertiary/aromatic N) is 3. The summed E-state index contributed by atoms with van der Waals surface area (Å²) in [6, 6.07) is 52.1. The summed E-state index contributed by atoms with van der Waals surface area (Å²) in [5.41, 5.74) is 12.0. The quantitative estimate of drug-likeness (QED) is 0.205. The van der Waals surface area contributed by atoms with Crippen LogP contribution < -0.4 is 4.90 Å². The first-order chi connectivity index (χ1) is 22.8. The third kappa shape index (κ3) is 3.98. The van der Waals surface area contributed by atoms with E-state index in [1.54, 1.807) is 0 Å². The molecule has 3 nitrogen and oxygen atoms in total. The van der Waals surface area contributed by atoms with Crippen LogP contribution in [0.1, 0.15) is 17.0 Å². The Balaban J connectivity index is 1.19. The molecule has 0 radical (unpaired) electrons. The van der Waals surface area contributed by atoms with Gasteiger partial charge >= 0.3 is 0 Å². The van der Waals surface area contributed by atoms with Crippen LogP contribution in [0, 0.1) is 11.3 Å². The van der Waals surface area contributed by atoms with Crippen LogP contribution in [-0.2, 0) is 0 Å². The zero-order chi connectivity index (χ0) is 30.6. The fourth-order valence-corrected chi connectivity index (χ4v) is 7.56. The Labute approximate surface area is 268 Å². The van der Waals surface area contributed by atoms with Crippen LogP contribution in [0.3, 0.4) is 0 Å². The SMILES string of the molecule is N#Cc1ccc(N2c3ccccc3C3C=CC=CC32)cc1-c1cccc(-c2ccccc2-n2c3ccccc3c3ccccc32)c1. The van der Waals surface area contributed by atoms with Crippen LogP contribution in [0.15, 0.2) is 164 Å². The molecule has 2 atom stereocenters. The summed E-state index contributed by atoms with van der Waals surface area (Å²) in [6.45, 7) is 0. The number of hydrogen-bond donors (Lipinski definition) is 0. The van der Waals surface area contributed by atoms with E-state index in [-0.39, 0.29) is 6.04 Å². The molecule has 3 heteroatoms. The lowest BCUT2D eigenvalue weighted by atomic mass is 9.91. The standard InChI is InChI=1S/C43H29N3/c44-28-31-24-25-32(45-40-20-7-2-15-34(40)35-16-3-8-21-41(35)45)27-38(31)30-13-11-12-29(26-30)33-14-1-6-19-39(33)46-42-22-9-4-17-36(42)37-18-5-10-23-43(37)46/h1-27,34,40H. The van der Waals surface area contributed by atoms with Crippen molar-refractivity contribution in [1.82, 2.24) is 4.57 Å². The summed E-state index contributed by atoms with van der Waals surface area (Å²) >= 11 is 0. The van der Waals surface area contributed by atoms with E-state index >= 15 is 0 Å². The van der Waals surface area contributed by atoms with E-state index in [4.69, 9.17) is 0 Å². The molecule has 2 heterocycles. The predicted octanol–water partition coefficient (Wildman–Crippen LogP) is 10.7. The Kier molecular flexibility index (Phi) is 6.01. The lowest BCUT2D eigenvalue weighted by molar-refractivity contribution is 0.745. The minimum absolute atomic E-state index is 0.201. The van der Waals surface area contributed by atoms with Crippen molar-refractivity contribution in [1.29, 1.82) is 5.26 Å². The van der Waals surface area contributed by atoms with Crippen LogP contribution >= 0.6 is 0 Å². The van der Waals surface area contributed by atoms with Gasteiger partial charge in [-0.25, -0.2) is 0 Å². The van der Waals surface area contributed by atoms with Crippen molar-refractivity contribution < 1.29 is 0 Å². The summed E-state index contributed by atoms with van der Waals surface area (Å²) in [6.07, 6.45) is 8.87. The van der Waals surface area contributed by atoms with Crippen LogP contribution in [0.5, 0.6) is 0 Å². The van der Waals surface area contributed by atoms with E-state index in [2.05, 4.69) is 173 Å². The highest BCUT2D eigenvalue weighted by atomic mass is 15.2. The van der Waals surface area contributed by atoms with Gasteiger partial charge < -0.3 is 9.47 Å². The third-order valence-corrected chi connectivity index (χ3v) is 9.57. The molecule has 2 unspecified atom stereocenters. The molecule has 0 amide bonds. The average Bonchev–Trinajstić information content (AvgIpc) is 3.64. The lowest BCUT2D eigenvalue weighted by Crippen LogP contribution is -2.28. The zero-order valence-corrected chi connectivity index (χ0v) is 25.1. The van der Waals surface area contributed by atoms with Gasteiger partial charge in [-0.05, 0) is 65.2 Å². The maximum absolute atomic E-state index is 10.3. The van der Waals surface area contributed by atoms with E-state index < -0.39 is 0 Å². The second-order valence-electron chi connectivity index (χ2n) is 12.0. The highest BCUT2D eigenvalue weighted by Crippen LogP contribution is 2.48. The molecule has 0 saturated heterocycles. The molecule has 1 aromatic heterocycles. The van der Waals surface area contributed by atoms with Gasteiger partial charge in [-0.3, -0.25) is 0 Å². The van der Waals surface area contributed by atoms with E-state index in [9.17, 15) is 5.26 Å². The molecule has 46 heavy (non-hydrogen) atoms. The first kappa shape index (κ1) is 26.3. The predicted molar refractivity (Wildman–Crippen MR) is 190 cm³/mol. The topological polar surface area (TPSA) is 32.0 Å². The second kappa shape index (κ2) is 10.5. The molecule has 216 valence electrons. The van der Waals surface area contributed by atoms with Gasteiger partial charge in [0.15, 0.2) is 0 Å². The number of benzene rings is 6. The van der Waals surface area contributed by atoms with Gasteiger partial charge in [-0.15, -0.1) is 0 Å². The highest BCUT2D eigenvalue weighted by Gasteiger charge is 2.37. The van der Waals surface area contributed by atoms with E-state index in [0.29, 0.717) is 11.5 Å². The fraction of sp³-hybridized carbons (Fsp3) is 0.0465. The third-order valence-electron chi connectivity index (χ3n) is 9.57. The van der Waals surface area contributed by atoms with E-state index in [1.807, 2.05) is 6.07 Å². The Morgan fingerprint density at radius 3 is 1.98 bits per heavy atom. The number of aromatic nitrogens is 1. The molecule has 1 aliphatic heterocycles. The fourth-order valence-electron chi connectivity index (χ4n) is 7.56. The number of fused-ring (bicyclic) bond motifs is 6. The molecule has 2 aliphatic rings. The molecular weight excluding hydrogens is 558 g/mol. The molecule has 0 bridgehead atoms. The van der Waals surface area contributed by atoms with Crippen molar-refractivity contribution in [3.8, 4) is 34.0 Å². The van der Waals surface area contributed by atoms with E-state index in [1.165, 1.54) is 33.1 Å². The number of para-hydroxylation sites is 4. The molecular formula is C43H29N3. The Hall–Kier alpha value is -6.11. The van der Waals surface area contributed by atoms with Crippen LogP contribution in [0.2, 0.25) is 0 Å². The Bertz CT molecular complexity index is 2360. The first-order valence-electron chi connectivity index (χ1n) is 15.8. The molecule has 6 aromatic carbocycles. The van der Waals surface area contributed by atoms with Gasteiger partial charge in [-0.1, -0.05) is 115 Å². The summed E-state index contributed by atoms with van der Waals surface area (Å²) in [5.74, 6) is 0.306. The maximum Gasteiger partial charge on any atom is 0.0998 e. The Morgan fingerprint density at radius 2 is 1.20 bits per heavy atom. The summed E-state index contributed by atoms with van der Waals surface area (Å²) in [7, 11) is 0. The molecule has 0 N–H and O–H groups in total. The van der Waals surface area contributed by atoms with Crippen LogP contribution in [0.25, 0.3) is 49.7 Å². The maximum atomic E-state index is 10.3. The molecule has 7 aromatic rings. The molecule has 0 saturated carbocycles. The van der Waals surface area contributed by atoms with Crippen molar-refractivity contribution in [3.63, 3.8) is 0 Å². The van der Waals surface area contributed by atoms with Gasteiger partial charge in [0, 0.05) is 39.2 Å². The number of anilines is 2. The van der Waals surface area contributed by atoms with Crippen molar-refractivity contribution in [2.24, 2.45) is 0 Å². The first-order valence-corrected chi connectivity index (χ1v) is 15.8. The minimum atomic E-state index is 0.201. The smallest absolute Gasteiger partial charge is 0.0998 e. The van der Waals surface area contributed by atoms with Crippen molar-refractivity contribution in [3.05, 3.63) is 175 Å². The number of rotatable bonds is 4. The van der Waals surface area contributed by atoms with E-state index in [0.717, 1.165) is 33.6 Å². The molecule has 1 aliphatic carbocycles. The van der Waals surface area contributed by atoms with Gasteiger partial charge in [-0.2, -0.15) is 5.26 Å². The van der Waals surface area contributed by atoms with Crippen molar-refractivity contribution in [2.45, 2.75) is 12.0 Å². The normalized spacial score (nSPS) is 16.5. The summed E-state index contributed by atoms with van der Waals surface area (Å²) < 4.78 is 2.38. The number of nitriles is 1. The molecule has 0 spiro atoms. The number of allylic oxidation sites excluding steroid dienone is 2. The number of hydrogen-bond acceptors (Lipinski definition) is 2. The molecule has 0 fully saturated rings. The average molecular weight is 588 g/mol. The summed E-state index contributed by atoms with van der Waals surface area (Å²) in [5, 5.41) is 12.7. The monoisotopic (exact) mass is 587 g/mol. The largest absolute Gasteiger partial charge is 0.333 e. The van der Waals surface area contributed by atoms with Gasteiger partial charge in [0.1, 0.15) is 0 Å².